The van der Waals surface area contributed by atoms with E-state index in [1.54, 1.807) is 30.3 Å². The predicted octanol–water partition coefficient (Wildman–Crippen LogP) is 3.56. The van der Waals surface area contributed by atoms with Gasteiger partial charge in [-0.1, -0.05) is 18.2 Å². The second kappa shape index (κ2) is 8.49. The predicted molar refractivity (Wildman–Crippen MR) is 130 cm³/mol. The van der Waals surface area contributed by atoms with E-state index in [2.05, 4.69) is 15.4 Å². The number of fused-ring (bicyclic) bond motifs is 4. The third-order valence-corrected chi connectivity index (χ3v) is 5.93. The van der Waals surface area contributed by atoms with Gasteiger partial charge in [0.15, 0.2) is 11.5 Å². The van der Waals surface area contributed by atoms with Crippen LogP contribution in [0.15, 0.2) is 65.5 Å². The molecule has 180 valence electrons. The number of ether oxygens (including phenoxy) is 2. The first-order chi connectivity index (χ1) is 17.5. The zero-order valence-electron chi connectivity index (χ0n) is 19.2. The Kier molecular flexibility index (Phi) is 5.14. The summed E-state index contributed by atoms with van der Waals surface area (Å²) >= 11 is 0. The highest BCUT2D eigenvalue weighted by atomic mass is 19.1. The molecule has 1 aliphatic rings. The second-order valence-corrected chi connectivity index (χ2v) is 8.50. The van der Waals surface area contributed by atoms with Gasteiger partial charge in [-0.25, -0.2) is 8.91 Å². The lowest BCUT2D eigenvalue weighted by atomic mass is 10.2. The number of nitrogens with one attached hydrogen (secondary N) is 1. The lowest BCUT2D eigenvalue weighted by Gasteiger charge is -2.18. The van der Waals surface area contributed by atoms with Crippen molar-refractivity contribution in [2.24, 2.45) is 0 Å². The van der Waals surface area contributed by atoms with E-state index in [9.17, 15) is 14.0 Å². The molecule has 6 rings (SSSR count). The largest absolute Gasteiger partial charge is 0.486 e. The maximum Gasteiger partial charge on any atom is 0.296 e. The van der Waals surface area contributed by atoms with Gasteiger partial charge in [-0.3, -0.25) is 14.2 Å². The molecule has 36 heavy (non-hydrogen) atoms. The summed E-state index contributed by atoms with van der Waals surface area (Å²) in [6.07, 6.45) is 0. The number of halogens is 1. The van der Waals surface area contributed by atoms with E-state index in [0.29, 0.717) is 47.0 Å². The van der Waals surface area contributed by atoms with Crippen molar-refractivity contribution in [3.63, 3.8) is 0 Å². The van der Waals surface area contributed by atoms with Gasteiger partial charge in [0.1, 0.15) is 19.0 Å². The number of anilines is 1. The molecule has 0 aliphatic carbocycles. The Balaban J connectivity index is 1.42. The van der Waals surface area contributed by atoms with Gasteiger partial charge in [-0.05, 0) is 54.4 Å². The van der Waals surface area contributed by atoms with Gasteiger partial charge in [0.2, 0.25) is 11.5 Å². The van der Waals surface area contributed by atoms with E-state index in [0.717, 1.165) is 5.56 Å². The van der Waals surface area contributed by atoms with Gasteiger partial charge in [0.25, 0.3) is 11.5 Å². The number of aryl methyl sites for hydroxylation is 1. The molecule has 0 saturated heterocycles. The molecule has 0 atom stereocenters. The number of benzene rings is 3. The summed E-state index contributed by atoms with van der Waals surface area (Å²) in [6, 6.07) is 16.7. The Labute approximate surface area is 203 Å². The maximum atomic E-state index is 13.8. The molecule has 0 unspecified atom stereocenters. The molecule has 1 N–H and O–H groups in total. The zero-order chi connectivity index (χ0) is 24.8. The molecule has 0 spiro atoms. The van der Waals surface area contributed by atoms with Crippen LogP contribution in [0.25, 0.3) is 16.7 Å². The SMILES string of the molecule is Cc1ccc2c(c1)n(Cc1cccc(F)c1)c(=O)c1nc(C(=O)Nc3ccc4c(c3)OCCO4)nn12. The van der Waals surface area contributed by atoms with Gasteiger partial charge < -0.3 is 14.8 Å². The van der Waals surface area contributed by atoms with Gasteiger partial charge in [0, 0.05) is 11.8 Å². The summed E-state index contributed by atoms with van der Waals surface area (Å²) < 4.78 is 27.8. The van der Waals surface area contributed by atoms with E-state index < -0.39 is 11.5 Å². The number of hydrogen-bond acceptors (Lipinski definition) is 6. The lowest BCUT2D eigenvalue weighted by molar-refractivity contribution is 0.101. The van der Waals surface area contributed by atoms with Crippen molar-refractivity contribution in [3.8, 4) is 11.5 Å². The minimum atomic E-state index is -0.577. The highest BCUT2D eigenvalue weighted by molar-refractivity contribution is 6.02. The Morgan fingerprint density at radius 2 is 1.86 bits per heavy atom. The van der Waals surface area contributed by atoms with Crippen molar-refractivity contribution in [1.29, 1.82) is 0 Å². The number of aromatic nitrogens is 4. The molecular formula is C26H20FN5O4. The highest BCUT2D eigenvalue weighted by Gasteiger charge is 2.20. The van der Waals surface area contributed by atoms with Gasteiger partial charge in [-0.2, -0.15) is 4.98 Å². The molecule has 0 fully saturated rings. The number of hydrogen-bond donors (Lipinski definition) is 1. The van der Waals surface area contributed by atoms with Crippen molar-refractivity contribution in [2.45, 2.75) is 13.5 Å². The Hall–Kier alpha value is -4.73. The van der Waals surface area contributed by atoms with Crippen LogP contribution < -0.4 is 20.3 Å². The first-order valence-electron chi connectivity index (χ1n) is 11.3. The van der Waals surface area contributed by atoms with Gasteiger partial charge >= 0.3 is 0 Å². The highest BCUT2D eigenvalue weighted by Crippen LogP contribution is 2.32. The summed E-state index contributed by atoms with van der Waals surface area (Å²) in [5.41, 5.74) is 2.79. The average molecular weight is 485 g/mol. The summed E-state index contributed by atoms with van der Waals surface area (Å²) in [4.78, 5) is 30.7. The first-order valence-corrected chi connectivity index (χ1v) is 11.3. The Morgan fingerprint density at radius 3 is 2.69 bits per heavy atom. The number of carbonyl (C=O) groups excluding carboxylic acids is 1. The van der Waals surface area contributed by atoms with Crippen molar-refractivity contribution >= 4 is 28.3 Å². The monoisotopic (exact) mass is 485 g/mol. The van der Waals surface area contributed by atoms with Crippen molar-refractivity contribution in [1.82, 2.24) is 19.2 Å². The maximum absolute atomic E-state index is 13.8. The van der Waals surface area contributed by atoms with Gasteiger partial charge in [-0.15, -0.1) is 5.10 Å². The van der Waals surface area contributed by atoms with Crippen LogP contribution in [0.1, 0.15) is 21.7 Å². The fourth-order valence-corrected chi connectivity index (χ4v) is 4.26. The molecule has 0 bridgehead atoms. The van der Waals surface area contributed by atoms with Crippen molar-refractivity contribution < 1.29 is 18.7 Å². The molecule has 9 nitrogen and oxygen atoms in total. The molecule has 10 heteroatoms. The minimum absolute atomic E-state index is 0.00456. The quantitative estimate of drug-likeness (QED) is 0.418. The van der Waals surface area contributed by atoms with Gasteiger partial charge in [0.05, 0.1) is 17.6 Å². The van der Waals surface area contributed by atoms with E-state index in [1.807, 2.05) is 25.1 Å². The molecule has 0 saturated carbocycles. The van der Waals surface area contributed by atoms with E-state index in [-0.39, 0.29) is 23.8 Å². The molecule has 2 aromatic heterocycles. The fourth-order valence-electron chi connectivity index (χ4n) is 4.26. The number of carbonyl (C=O) groups is 1. The fraction of sp³-hybridized carbons (Fsp3) is 0.154. The minimum Gasteiger partial charge on any atom is -0.486 e. The molecule has 1 aliphatic heterocycles. The Morgan fingerprint density at radius 1 is 1.03 bits per heavy atom. The van der Waals surface area contributed by atoms with Crippen molar-refractivity contribution in [3.05, 3.63) is 93.8 Å². The van der Waals surface area contributed by atoms with E-state index in [4.69, 9.17) is 9.47 Å². The molecule has 0 radical (unpaired) electrons. The third kappa shape index (κ3) is 3.82. The van der Waals surface area contributed by atoms with Crippen LogP contribution in [0.2, 0.25) is 0 Å². The second-order valence-electron chi connectivity index (χ2n) is 8.50. The van der Waals surface area contributed by atoms with E-state index in [1.165, 1.54) is 21.2 Å². The number of amides is 1. The summed E-state index contributed by atoms with van der Waals surface area (Å²) in [5, 5.41) is 7.08. The summed E-state index contributed by atoms with van der Waals surface area (Å²) in [6.45, 7) is 2.94. The van der Waals surface area contributed by atoms with E-state index >= 15 is 0 Å². The lowest BCUT2D eigenvalue weighted by Crippen LogP contribution is -2.24. The molecule has 1 amide bonds. The van der Waals surface area contributed by atoms with Crippen LogP contribution in [0.4, 0.5) is 10.1 Å². The number of nitrogens with zero attached hydrogens (tertiary/aromatic N) is 4. The third-order valence-electron chi connectivity index (χ3n) is 5.93. The molecule has 5 aromatic rings. The van der Waals surface area contributed by atoms with Crippen LogP contribution in [0, 0.1) is 12.7 Å². The Bertz CT molecular complexity index is 1730. The standard InChI is InChI=1S/C26H20FN5O4/c1-15-5-7-19-20(11-15)31(14-16-3-2-4-17(27)12-16)26(34)24-29-23(30-32(19)24)25(33)28-18-6-8-21-22(13-18)36-10-9-35-21/h2-8,11-13H,9-10,14H2,1H3,(H,28,33). The smallest absolute Gasteiger partial charge is 0.296 e. The van der Waals surface area contributed by atoms with Crippen LogP contribution in [0.3, 0.4) is 0 Å². The van der Waals surface area contributed by atoms with Crippen LogP contribution in [-0.2, 0) is 6.54 Å². The average Bonchev–Trinajstić information content (AvgIpc) is 3.33. The van der Waals surface area contributed by atoms with Crippen molar-refractivity contribution in [2.75, 3.05) is 18.5 Å². The van der Waals surface area contributed by atoms with Crippen LogP contribution >= 0.6 is 0 Å². The van der Waals surface area contributed by atoms with Crippen LogP contribution in [0.5, 0.6) is 11.5 Å². The number of rotatable bonds is 4. The molecular weight excluding hydrogens is 465 g/mol. The first kappa shape index (κ1) is 21.8. The topological polar surface area (TPSA) is 99.8 Å². The molecule has 3 aromatic carbocycles. The molecule has 3 heterocycles. The summed E-state index contributed by atoms with van der Waals surface area (Å²) in [7, 11) is 0. The summed E-state index contributed by atoms with van der Waals surface area (Å²) in [5.74, 6) is 0.0103. The normalized spacial score (nSPS) is 12.7. The van der Waals surface area contributed by atoms with Crippen LogP contribution in [-0.4, -0.2) is 38.3 Å². The zero-order valence-corrected chi connectivity index (χ0v) is 19.2.